The average Bonchev–Trinajstić information content (AvgIpc) is 3.19. The average molecular weight is 505 g/mol. The van der Waals surface area contributed by atoms with Gasteiger partial charge in [0.25, 0.3) is 11.9 Å². The molecule has 0 saturated carbocycles. The summed E-state index contributed by atoms with van der Waals surface area (Å²) in [5.74, 6) is -0.489. The fourth-order valence-corrected chi connectivity index (χ4v) is 3.73. The Kier molecular flexibility index (Phi) is 7.30. The minimum absolute atomic E-state index is 0.127. The Balaban J connectivity index is 1.71. The SMILES string of the molecule is CCOC(=O)c1cnc(-n2nc(C)cc2C)nc1Nc1ccccc1C(=O)Nc1ccc(C)c(Cl)c1. The molecule has 0 fully saturated rings. The summed E-state index contributed by atoms with van der Waals surface area (Å²) in [5, 5.41) is 10.9. The number of ether oxygens (including phenoxy) is 1. The molecule has 184 valence electrons. The number of benzene rings is 2. The second-order valence-electron chi connectivity index (χ2n) is 8.08. The molecule has 0 radical (unpaired) electrons. The van der Waals surface area contributed by atoms with Crippen molar-refractivity contribution >= 4 is 40.7 Å². The van der Waals surface area contributed by atoms with Gasteiger partial charge in [-0.25, -0.2) is 14.5 Å². The van der Waals surface area contributed by atoms with E-state index in [1.54, 1.807) is 48.0 Å². The molecule has 36 heavy (non-hydrogen) atoms. The molecule has 2 aromatic carbocycles. The molecule has 0 aliphatic heterocycles. The molecule has 0 saturated heterocycles. The zero-order valence-electron chi connectivity index (χ0n) is 20.3. The maximum absolute atomic E-state index is 13.1. The second kappa shape index (κ2) is 10.6. The highest BCUT2D eigenvalue weighted by atomic mass is 35.5. The van der Waals surface area contributed by atoms with E-state index in [-0.39, 0.29) is 29.8 Å². The van der Waals surface area contributed by atoms with Crippen molar-refractivity contribution in [1.82, 2.24) is 19.7 Å². The molecule has 0 spiro atoms. The van der Waals surface area contributed by atoms with Crippen LogP contribution in [-0.4, -0.2) is 38.2 Å². The Hall–Kier alpha value is -4.24. The molecule has 0 atom stereocenters. The van der Waals surface area contributed by atoms with Gasteiger partial charge < -0.3 is 15.4 Å². The lowest BCUT2D eigenvalue weighted by molar-refractivity contribution is 0.0526. The third-order valence-electron chi connectivity index (χ3n) is 5.32. The molecule has 4 rings (SSSR count). The van der Waals surface area contributed by atoms with E-state index in [4.69, 9.17) is 16.3 Å². The summed E-state index contributed by atoms with van der Waals surface area (Å²) in [5.41, 5.74) is 4.02. The number of hydrogen-bond acceptors (Lipinski definition) is 7. The van der Waals surface area contributed by atoms with Crippen LogP contribution < -0.4 is 10.6 Å². The maximum atomic E-state index is 13.1. The van der Waals surface area contributed by atoms with Gasteiger partial charge in [-0.3, -0.25) is 4.79 Å². The van der Waals surface area contributed by atoms with Crippen LogP contribution in [0.15, 0.2) is 54.7 Å². The number of rotatable bonds is 7. The zero-order valence-corrected chi connectivity index (χ0v) is 21.1. The summed E-state index contributed by atoms with van der Waals surface area (Å²) in [6, 6.07) is 14.1. The van der Waals surface area contributed by atoms with Crippen LogP contribution in [0, 0.1) is 20.8 Å². The molecule has 1 amide bonds. The normalized spacial score (nSPS) is 10.7. The summed E-state index contributed by atoms with van der Waals surface area (Å²) in [4.78, 5) is 34.6. The summed E-state index contributed by atoms with van der Waals surface area (Å²) >= 11 is 6.20. The summed E-state index contributed by atoms with van der Waals surface area (Å²) in [7, 11) is 0. The molecule has 4 aromatic rings. The fourth-order valence-electron chi connectivity index (χ4n) is 3.55. The number of nitrogens with one attached hydrogen (secondary N) is 2. The molecule has 9 nitrogen and oxygen atoms in total. The highest BCUT2D eigenvalue weighted by Gasteiger charge is 2.20. The molecule has 0 aliphatic rings. The molecule has 0 unspecified atom stereocenters. The van der Waals surface area contributed by atoms with Gasteiger partial charge in [-0.05, 0) is 63.6 Å². The summed E-state index contributed by atoms with van der Waals surface area (Å²) in [6.45, 7) is 7.54. The predicted molar refractivity (Wildman–Crippen MR) is 138 cm³/mol. The summed E-state index contributed by atoms with van der Waals surface area (Å²) in [6.07, 6.45) is 1.39. The highest BCUT2D eigenvalue weighted by Crippen LogP contribution is 2.26. The van der Waals surface area contributed by atoms with Gasteiger partial charge >= 0.3 is 5.97 Å². The number of aromatic nitrogens is 4. The summed E-state index contributed by atoms with van der Waals surface area (Å²) < 4.78 is 6.76. The third-order valence-corrected chi connectivity index (χ3v) is 5.73. The second-order valence-corrected chi connectivity index (χ2v) is 8.49. The van der Waals surface area contributed by atoms with Crippen molar-refractivity contribution in [2.45, 2.75) is 27.7 Å². The Morgan fingerprint density at radius 3 is 2.53 bits per heavy atom. The van der Waals surface area contributed by atoms with Crippen molar-refractivity contribution in [3.8, 4) is 5.95 Å². The number of carbonyl (C=O) groups excluding carboxylic acids is 2. The number of anilines is 3. The maximum Gasteiger partial charge on any atom is 0.343 e. The van der Waals surface area contributed by atoms with E-state index in [9.17, 15) is 9.59 Å². The van der Waals surface area contributed by atoms with Gasteiger partial charge in [-0.2, -0.15) is 10.1 Å². The van der Waals surface area contributed by atoms with Crippen LogP contribution in [0.1, 0.15) is 44.6 Å². The molecule has 2 heterocycles. The Morgan fingerprint density at radius 2 is 1.83 bits per heavy atom. The largest absolute Gasteiger partial charge is 0.462 e. The van der Waals surface area contributed by atoms with Gasteiger partial charge in [0.2, 0.25) is 0 Å². The number of esters is 1. The van der Waals surface area contributed by atoms with Gasteiger partial charge in [-0.1, -0.05) is 29.8 Å². The van der Waals surface area contributed by atoms with Crippen LogP contribution in [0.4, 0.5) is 17.2 Å². The highest BCUT2D eigenvalue weighted by molar-refractivity contribution is 6.31. The van der Waals surface area contributed by atoms with Crippen molar-refractivity contribution < 1.29 is 14.3 Å². The topological polar surface area (TPSA) is 111 Å². The van der Waals surface area contributed by atoms with E-state index in [0.717, 1.165) is 17.0 Å². The first-order valence-electron chi connectivity index (χ1n) is 11.3. The Bertz CT molecular complexity index is 1450. The van der Waals surface area contributed by atoms with Crippen LogP contribution in [0.2, 0.25) is 5.02 Å². The van der Waals surface area contributed by atoms with Crippen molar-refractivity contribution in [3.63, 3.8) is 0 Å². The lowest BCUT2D eigenvalue weighted by Crippen LogP contribution is -2.16. The number of carbonyl (C=O) groups is 2. The van der Waals surface area contributed by atoms with E-state index in [2.05, 4.69) is 25.7 Å². The van der Waals surface area contributed by atoms with E-state index >= 15 is 0 Å². The van der Waals surface area contributed by atoms with Crippen LogP contribution >= 0.6 is 11.6 Å². The standard InChI is InChI=1S/C26H25ClN6O3/c1-5-36-25(35)20-14-28-26(33-17(4)12-16(3)32-33)31-23(20)30-22-9-7-6-8-19(22)24(34)29-18-11-10-15(2)21(27)13-18/h6-14H,5H2,1-4H3,(H,29,34)(H,28,30,31). The number of amides is 1. The monoisotopic (exact) mass is 504 g/mol. The van der Waals surface area contributed by atoms with Crippen LogP contribution in [0.25, 0.3) is 5.95 Å². The van der Waals surface area contributed by atoms with Crippen molar-refractivity contribution in [3.05, 3.63) is 87.8 Å². The van der Waals surface area contributed by atoms with E-state index in [1.165, 1.54) is 6.20 Å². The first kappa shape index (κ1) is 24.9. The molecular weight excluding hydrogens is 480 g/mol. The minimum atomic E-state index is -0.587. The van der Waals surface area contributed by atoms with Gasteiger partial charge in [0, 0.05) is 22.6 Å². The molecule has 2 aromatic heterocycles. The van der Waals surface area contributed by atoms with Gasteiger partial charge in [0.1, 0.15) is 5.56 Å². The van der Waals surface area contributed by atoms with E-state index < -0.39 is 5.97 Å². The molecule has 0 aliphatic carbocycles. The number of hydrogen-bond donors (Lipinski definition) is 2. The first-order valence-corrected chi connectivity index (χ1v) is 11.7. The van der Waals surface area contributed by atoms with Crippen LogP contribution in [0.5, 0.6) is 0 Å². The number of para-hydroxylation sites is 1. The Morgan fingerprint density at radius 1 is 1.06 bits per heavy atom. The first-order chi connectivity index (χ1) is 17.3. The smallest absolute Gasteiger partial charge is 0.343 e. The lowest BCUT2D eigenvalue weighted by Gasteiger charge is -2.15. The van der Waals surface area contributed by atoms with Gasteiger partial charge in [0.15, 0.2) is 5.82 Å². The van der Waals surface area contributed by atoms with E-state index in [0.29, 0.717) is 22.0 Å². The number of aryl methyl sites for hydroxylation is 3. The van der Waals surface area contributed by atoms with Crippen LogP contribution in [-0.2, 0) is 4.74 Å². The van der Waals surface area contributed by atoms with Crippen molar-refractivity contribution in [2.24, 2.45) is 0 Å². The molecule has 0 bridgehead atoms. The molecule has 10 heteroatoms. The predicted octanol–water partition coefficient (Wildman–Crippen LogP) is 5.41. The minimum Gasteiger partial charge on any atom is -0.462 e. The fraction of sp³-hybridized carbons (Fsp3) is 0.192. The van der Waals surface area contributed by atoms with Crippen molar-refractivity contribution in [2.75, 3.05) is 17.2 Å². The molecule has 2 N–H and O–H groups in total. The van der Waals surface area contributed by atoms with E-state index in [1.807, 2.05) is 32.9 Å². The van der Waals surface area contributed by atoms with Gasteiger partial charge in [0.05, 0.1) is 23.6 Å². The number of halogens is 1. The van der Waals surface area contributed by atoms with Crippen molar-refractivity contribution in [1.29, 1.82) is 0 Å². The zero-order chi connectivity index (χ0) is 25.8. The Labute approximate surface area is 213 Å². The third kappa shape index (κ3) is 5.36. The number of nitrogens with zero attached hydrogens (tertiary/aromatic N) is 4. The lowest BCUT2D eigenvalue weighted by atomic mass is 10.1. The van der Waals surface area contributed by atoms with Crippen LogP contribution in [0.3, 0.4) is 0 Å². The molecular formula is C26H25ClN6O3. The quantitative estimate of drug-likeness (QED) is 0.323. The van der Waals surface area contributed by atoms with Gasteiger partial charge in [-0.15, -0.1) is 0 Å².